The number of aliphatic carboxylic acids is 1. The van der Waals surface area contributed by atoms with E-state index in [2.05, 4.69) is 6.08 Å². The van der Waals surface area contributed by atoms with Crippen molar-refractivity contribution in [3.05, 3.63) is 47.5 Å². The molecule has 23 heavy (non-hydrogen) atoms. The molecule has 0 spiro atoms. The van der Waals surface area contributed by atoms with Crippen molar-refractivity contribution in [3.63, 3.8) is 0 Å². The van der Waals surface area contributed by atoms with Gasteiger partial charge in [0.25, 0.3) is 0 Å². The normalized spacial score (nSPS) is 22.4. The van der Waals surface area contributed by atoms with E-state index >= 15 is 0 Å². The molecule has 1 aliphatic carbocycles. The van der Waals surface area contributed by atoms with Crippen molar-refractivity contribution in [2.75, 3.05) is 0 Å². The Morgan fingerprint density at radius 2 is 1.74 bits per heavy atom. The maximum atomic E-state index is 12.6. The predicted molar refractivity (Wildman–Crippen MR) is 82.2 cm³/mol. The predicted octanol–water partition coefficient (Wildman–Crippen LogP) is 5.40. The van der Waals surface area contributed by atoms with Gasteiger partial charge in [-0.25, -0.2) is 0 Å². The third-order valence-corrected chi connectivity index (χ3v) is 4.41. The highest BCUT2D eigenvalue weighted by Gasteiger charge is 2.30. The maximum absolute atomic E-state index is 12.6. The first-order valence-electron chi connectivity index (χ1n) is 7.92. The largest absolute Gasteiger partial charge is 0.481 e. The highest BCUT2D eigenvalue weighted by molar-refractivity contribution is 5.66. The van der Waals surface area contributed by atoms with E-state index in [0.29, 0.717) is 18.3 Å². The monoisotopic (exact) mass is 326 g/mol. The summed E-state index contributed by atoms with van der Waals surface area (Å²) >= 11 is 0. The first kappa shape index (κ1) is 17.6. The highest BCUT2D eigenvalue weighted by atomic mass is 19.4. The quantitative estimate of drug-likeness (QED) is 0.736. The number of carbonyl (C=O) groups is 1. The average Bonchev–Trinajstić information content (AvgIpc) is 2.51. The molecule has 126 valence electrons. The van der Waals surface area contributed by atoms with Gasteiger partial charge in [0.1, 0.15) is 0 Å². The molecule has 0 amide bonds. The van der Waals surface area contributed by atoms with E-state index in [9.17, 15) is 18.0 Å². The molecular formula is C18H21F3O2. The number of hydrogen-bond donors (Lipinski definition) is 1. The molecule has 1 fully saturated rings. The molecular weight excluding hydrogens is 305 g/mol. The van der Waals surface area contributed by atoms with Crippen molar-refractivity contribution < 1.29 is 23.1 Å². The van der Waals surface area contributed by atoms with Crippen LogP contribution >= 0.6 is 0 Å². The minimum absolute atomic E-state index is 0.150. The average molecular weight is 326 g/mol. The van der Waals surface area contributed by atoms with Gasteiger partial charge in [0, 0.05) is 6.42 Å². The van der Waals surface area contributed by atoms with Crippen LogP contribution in [0.15, 0.2) is 36.4 Å². The van der Waals surface area contributed by atoms with Crippen molar-refractivity contribution in [2.45, 2.75) is 50.6 Å². The number of carboxylic acids is 1. The second kappa shape index (κ2) is 7.66. The van der Waals surface area contributed by atoms with Crippen LogP contribution in [0.3, 0.4) is 0 Å². The molecule has 0 unspecified atom stereocenters. The molecule has 1 N–H and O–H groups in total. The highest BCUT2D eigenvalue weighted by Crippen LogP contribution is 2.37. The summed E-state index contributed by atoms with van der Waals surface area (Å²) in [5.41, 5.74) is 0.377. The number of alkyl halides is 3. The fourth-order valence-electron chi connectivity index (χ4n) is 3.08. The van der Waals surface area contributed by atoms with Crippen molar-refractivity contribution in [3.8, 4) is 0 Å². The van der Waals surface area contributed by atoms with Crippen molar-refractivity contribution in [1.29, 1.82) is 0 Å². The van der Waals surface area contributed by atoms with Gasteiger partial charge in [-0.15, -0.1) is 0 Å². The molecule has 2 rings (SSSR count). The van der Waals surface area contributed by atoms with Gasteiger partial charge in [0.2, 0.25) is 0 Å². The van der Waals surface area contributed by atoms with E-state index in [1.807, 2.05) is 6.08 Å². The van der Waals surface area contributed by atoms with Crippen molar-refractivity contribution >= 4 is 5.97 Å². The van der Waals surface area contributed by atoms with Crippen LogP contribution in [-0.2, 0) is 11.0 Å². The van der Waals surface area contributed by atoms with E-state index in [1.54, 1.807) is 12.1 Å². The molecule has 1 aliphatic rings. The minimum Gasteiger partial charge on any atom is -0.481 e. The van der Waals surface area contributed by atoms with Crippen LogP contribution in [0.25, 0.3) is 0 Å². The third-order valence-electron chi connectivity index (χ3n) is 4.41. The zero-order valence-corrected chi connectivity index (χ0v) is 12.9. The molecule has 0 heterocycles. The van der Waals surface area contributed by atoms with Gasteiger partial charge in [-0.05, 0) is 61.6 Å². The number of carboxylic acid groups (broad SMARTS) is 1. The molecule has 0 bridgehead atoms. The van der Waals surface area contributed by atoms with Crippen LogP contribution in [0.1, 0.15) is 55.6 Å². The lowest BCUT2D eigenvalue weighted by Gasteiger charge is -2.27. The van der Waals surface area contributed by atoms with E-state index < -0.39 is 17.7 Å². The topological polar surface area (TPSA) is 37.3 Å². The fourth-order valence-corrected chi connectivity index (χ4v) is 3.08. The summed E-state index contributed by atoms with van der Waals surface area (Å²) in [7, 11) is 0. The summed E-state index contributed by atoms with van der Waals surface area (Å²) in [5, 5.41) is 8.58. The van der Waals surface area contributed by atoms with Gasteiger partial charge in [-0.1, -0.05) is 24.3 Å². The van der Waals surface area contributed by atoms with Gasteiger partial charge >= 0.3 is 12.1 Å². The number of hydrogen-bond acceptors (Lipinski definition) is 1. The summed E-state index contributed by atoms with van der Waals surface area (Å²) in [5.74, 6) is -0.0175. The molecule has 2 nitrogen and oxygen atoms in total. The molecule has 0 radical (unpaired) electrons. The van der Waals surface area contributed by atoms with Gasteiger partial charge in [0.15, 0.2) is 0 Å². The summed E-state index contributed by atoms with van der Waals surface area (Å²) in [6, 6.07) is 5.51. The van der Waals surface area contributed by atoms with Crippen LogP contribution in [-0.4, -0.2) is 11.1 Å². The summed E-state index contributed by atoms with van der Waals surface area (Å²) in [6.45, 7) is 0. The number of benzene rings is 1. The van der Waals surface area contributed by atoms with E-state index in [-0.39, 0.29) is 6.42 Å². The summed E-state index contributed by atoms with van der Waals surface area (Å²) < 4.78 is 37.7. The van der Waals surface area contributed by atoms with E-state index in [1.165, 1.54) is 0 Å². The molecule has 5 heteroatoms. The fraction of sp³-hybridized carbons (Fsp3) is 0.500. The van der Waals surface area contributed by atoms with Crippen LogP contribution in [0, 0.1) is 5.92 Å². The number of rotatable bonds is 5. The Balaban J connectivity index is 1.83. The smallest absolute Gasteiger partial charge is 0.416 e. The summed E-state index contributed by atoms with van der Waals surface area (Å²) in [6.07, 6.45) is 4.34. The molecule has 0 aliphatic heterocycles. The number of halogens is 3. The Morgan fingerprint density at radius 1 is 1.13 bits per heavy atom. The standard InChI is InChI=1S/C18H21F3O2/c19-18(20,21)16-11-9-15(10-12-16)14-7-5-13(6-8-14)3-1-2-4-17(22)23/h1,3,9-14H,2,4-8H2,(H,22,23)/t13-,14-. The van der Waals surface area contributed by atoms with Crippen LogP contribution in [0.4, 0.5) is 13.2 Å². The Hall–Kier alpha value is -1.78. The Bertz CT molecular complexity index is 538. The molecule has 1 saturated carbocycles. The Kier molecular flexibility index (Phi) is 5.85. The third kappa shape index (κ3) is 5.41. The Morgan fingerprint density at radius 3 is 2.26 bits per heavy atom. The molecule has 0 saturated heterocycles. The van der Waals surface area contributed by atoms with Crippen LogP contribution < -0.4 is 0 Å². The van der Waals surface area contributed by atoms with Crippen LogP contribution in [0.5, 0.6) is 0 Å². The van der Waals surface area contributed by atoms with E-state index in [4.69, 9.17) is 5.11 Å². The zero-order valence-electron chi connectivity index (χ0n) is 12.9. The van der Waals surface area contributed by atoms with Crippen molar-refractivity contribution in [2.24, 2.45) is 5.92 Å². The lowest BCUT2D eigenvalue weighted by Crippen LogP contribution is -2.12. The maximum Gasteiger partial charge on any atom is 0.416 e. The van der Waals surface area contributed by atoms with Crippen molar-refractivity contribution in [1.82, 2.24) is 0 Å². The van der Waals surface area contributed by atoms with Gasteiger partial charge in [-0.2, -0.15) is 13.2 Å². The number of allylic oxidation sites excluding steroid dienone is 2. The second-order valence-corrected chi connectivity index (χ2v) is 6.09. The molecule has 1 aromatic rings. The van der Waals surface area contributed by atoms with E-state index in [0.717, 1.165) is 43.4 Å². The first-order valence-corrected chi connectivity index (χ1v) is 7.92. The second-order valence-electron chi connectivity index (χ2n) is 6.09. The zero-order chi connectivity index (χ0) is 16.9. The van der Waals surface area contributed by atoms with Crippen LogP contribution in [0.2, 0.25) is 0 Å². The lowest BCUT2D eigenvalue weighted by atomic mass is 9.78. The molecule has 0 aromatic heterocycles. The minimum atomic E-state index is -4.28. The van der Waals surface area contributed by atoms with Gasteiger partial charge < -0.3 is 5.11 Å². The van der Waals surface area contributed by atoms with Gasteiger partial charge in [-0.3, -0.25) is 4.79 Å². The van der Waals surface area contributed by atoms with Gasteiger partial charge in [0.05, 0.1) is 5.56 Å². The molecule has 1 aromatic carbocycles. The lowest BCUT2D eigenvalue weighted by molar-refractivity contribution is -0.138. The first-order chi connectivity index (χ1) is 10.9. The SMILES string of the molecule is O=C(O)CCC=C[C@H]1CC[C@H](c2ccc(C(F)(F)F)cc2)CC1. The summed E-state index contributed by atoms with van der Waals surface area (Å²) in [4.78, 5) is 10.4. The Labute approximate surface area is 134 Å². The molecule has 0 atom stereocenters.